The van der Waals surface area contributed by atoms with Crippen LogP contribution in [0.1, 0.15) is 0 Å². The summed E-state index contributed by atoms with van der Waals surface area (Å²) in [7, 11) is 2.49. The van der Waals surface area contributed by atoms with Crippen molar-refractivity contribution < 1.29 is 27.6 Å². The Morgan fingerprint density at radius 1 is 1.03 bits per heavy atom. The van der Waals surface area contributed by atoms with Gasteiger partial charge in [0, 0.05) is 41.7 Å². The number of methoxy groups -OCH3 is 2. The van der Waals surface area contributed by atoms with Gasteiger partial charge in [-0.3, -0.25) is 14.5 Å². The maximum absolute atomic E-state index is 15.2. The van der Waals surface area contributed by atoms with Crippen molar-refractivity contribution in [3.05, 3.63) is 76.5 Å². The summed E-state index contributed by atoms with van der Waals surface area (Å²) in [5.74, 6) is -3.37. The summed E-state index contributed by atoms with van der Waals surface area (Å²) in [6, 6.07) is 5.94. The summed E-state index contributed by atoms with van der Waals surface area (Å²) in [4.78, 5) is 23.2. The van der Waals surface area contributed by atoms with Crippen molar-refractivity contribution in [3.63, 3.8) is 0 Å². The lowest BCUT2D eigenvalue weighted by atomic mass is 10.0. The highest BCUT2D eigenvalue weighted by Crippen LogP contribution is 2.40. The summed E-state index contributed by atoms with van der Waals surface area (Å²) < 4.78 is 56.3. The van der Waals surface area contributed by atoms with Gasteiger partial charge in [0.1, 0.15) is 5.65 Å². The number of nitro groups is 1. The Morgan fingerprint density at radius 2 is 1.75 bits per heavy atom. The Labute approximate surface area is 200 Å². The maximum Gasteiger partial charge on any atom is 0.295 e. The number of fused-ring (bicyclic) bond motifs is 3. The molecule has 13 heteroatoms. The van der Waals surface area contributed by atoms with Crippen molar-refractivity contribution in [2.24, 2.45) is 0 Å². The quantitative estimate of drug-likeness (QED) is 0.257. The van der Waals surface area contributed by atoms with Crippen LogP contribution in [0, 0.1) is 27.6 Å². The van der Waals surface area contributed by atoms with Gasteiger partial charge in [-0.25, -0.2) is 23.1 Å². The van der Waals surface area contributed by atoms with Gasteiger partial charge in [0.2, 0.25) is 5.95 Å². The molecular weight excluding hydrogens is 481 g/mol. The van der Waals surface area contributed by atoms with Gasteiger partial charge in [-0.2, -0.15) is 4.98 Å². The minimum absolute atomic E-state index is 0.0775. The van der Waals surface area contributed by atoms with Crippen molar-refractivity contribution in [3.8, 4) is 22.6 Å². The SMILES string of the molecule is COc1cc(OC)c(F)c(-c2cc3cnc(Nc4c(F)cccc4[N+](=O)[O-])nc3n3ccnc23)c1F. The number of para-hydroxylation sites is 1. The minimum atomic E-state index is -0.953. The molecule has 182 valence electrons. The van der Waals surface area contributed by atoms with E-state index in [2.05, 4.69) is 20.3 Å². The fraction of sp³-hybridized carbons (Fsp3) is 0.0870. The number of imidazole rings is 1. The standard InChI is InChI=1S/C23H15F3N6O4/c1-35-15-9-16(36-2)19(26)17(18(15)25)12-8-11-10-28-23(30-21(11)31-7-6-27-22(12)31)29-20-13(24)4-3-5-14(20)32(33)34/h3-10H,1-2H3,(H,28,29,30). The highest BCUT2D eigenvalue weighted by molar-refractivity contribution is 5.91. The highest BCUT2D eigenvalue weighted by atomic mass is 19.1. The van der Waals surface area contributed by atoms with E-state index in [1.807, 2.05) is 0 Å². The van der Waals surface area contributed by atoms with Gasteiger partial charge in [0.25, 0.3) is 5.69 Å². The van der Waals surface area contributed by atoms with Gasteiger partial charge >= 0.3 is 0 Å². The number of benzene rings is 2. The first-order valence-electron chi connectivity index (χ1n) is 10.3. The molecule has 10 nitrogen and oxygen atoms in total. The van der Waals surface area contributed by atoms with E-state index in [1.54, 1.807) is 0 Å². The van der Waals surface area contributed by atoms with Gasteiger partial charge in [-0.1, -0.05) is 6.07 Å². The molecule has 0 aliphatic rings. The van der Waals surface area contributed by atoms with Gasteiger partial charge in [-0.15, -0.1) is 0 Å². The van der Waals surface area contributed by atoms with Crippen molar-refractivity contribution in [1.82, 2.24) is 19.4 Å². The lowest BCUT2D eigenvalue weighted by molar-refractivity contribution is -0.384. The van der Waals surface area contributed by atoms with Crippen LogP contribution in [0.15, 0.2) is 48.9 Å². The third kappa shape index (κ3) is 3.57. The lowest BCUT2D eigenvalue weighted by Crippen LogP contribution is -2.05. The second kappa shape index (κ2) is 8.69. The van der Waals surface area contributed by atoms with Crippen LogP contribution < -0.4 is 14.8 Å². The van der Waals surface area contributed by atoms with E-state index in [1.165, 1.54) is 49.3 Å². The molecule has 0 bridgehead atoms. The number of nitro benzene ring substituents is 1. The first kappa shape index (κ1) is 22.8. The number of halogens is 3. The monoisotopic (exact) mass is 496 g/mol. The number of hydrogen-bond acceptors (Lipinski definition) is 8. The Balaban J connectivity index is 1.70. The average molecular weight is 496 g/mol. The molecule has 0 fully saturated rings. The van der Waals surface area contributed by atoms with E-state index in [0.29, 0.717) is 5.39 Å². The molecule has 1 N–H and O–H groups in total. The van der Waals surface area contributed by atoms with E-state index in [9.17, 15) is 14.5 Å². The molecule has 0 amide bonds. The van der Waals surface area contributed by atoms with Crippen LogP contribution in [0.4, 0.5) is 30.5 Å². The average Bonchev–Trinajstić information content (AvgIpc) is 3.36. The maximum atomic E-state index is 15.2. The van der Waals surface area contributed by atoms with E-state index in [4.69, 9.17) is 9.47 Å². The molecule has 0 radical (unpaired) electrons. The van der Waals surface area contributed by atoms with Crippen molar-refractivity contribution in [1.29, 1.82) is 0 Å². The van der Waals surface area contributed by atoms with Crippen LogP contribution in [0.2, 0.25) is 0 Å². The van der Waals surface area contributed by atoms with Crippen LogP contribution >= 0.6 is 0 Å². The smallest absolute Gasteiger partial charge is 0.295 e. The Hall–Kier alpha value is -4.94. The number of ether oxygens (including phenoxy) is 2. The normalized spacial score (nSPS) is 11.1. The number of nitrogens with zero attached hydrogens (tertiary/aromatic N) is 5. The lowest BCUT2D eigenvalue weighted by Gasteiger charge is -2.14. The van der Waals surface area contributed by atoms with Crippen molar-refractivity contribution in [2.45, 2.75) is 0 Å². The Bertz CT molecular complexity index is 1650. The molecule has 0 atom stereocenters. The van der Waals surface area contributed by atoms with Crippen LogP contribution in [0.25, 0.3) is 27.8 Å². The number of pyridine rings is 1. The van der Waals surface area contributed by atoms with E-state index >= 15 is 8.78 Å². The van der Waals surface area contributed by atoms with Crippen LogP contribution in [0.5, 0.6) is 11.5 Å². The Kier molecular flexibility index (Phi) is 5.51. The zero-order valence-corrected chi connectivity index (χ0v) is 18.6. The molecule has 0 spiro atoms. The van der Waals surface area contributed by atoms with E-state index in [0.717, 1.165) is 18.2 Å². The predicted octanol–water partition coefficient (Wildman–Crippen LogP) is 5.03. The molecule has 3 aromatic heterocycles. The summed E-state index contributed by atoms with van der Waals surface area (Å²) in [6.07, 6.45) is 4.24. The van der Waals surface area contributed by atoms with Crippen molar-refractivity contribution >= 4 is 34.0 Å². The third-order valence-electron chi connectivity index (χ3n) is 5.47. The Morgan fingerprint density at radius 3 is 2.42 bits per heavy atom. The number of aromatic nitrogens is 4. The molecule has 0 saturated carbocycles. The molecule has 0 aliphatic heterocycles. The van der Waals surface area contributed by atoms with Crippen molar-refractivity contribution in [2.75, 3.05) is 19.5 Å². The van der Waals surface area contributed by atoms with E-state index in [-0.39, 0.29) is 34.3 Å². The number of nitrogens with one attached hydrogen (secondary N) is 1. The fourth-order valence-electron chi connectivity index (χ4n) is 3.84. The summed E-state index contributed by atoms with van der Waals surface area (Å²) in [5.41, 5.74) is -0.856. The summed E-state index contributed by atoms with van der Waals surface area (Å²) in [6.45, 7) is 0. The van der Waals surface area contributed by atoms with Crippen LogP contribution in [0.3, 0.4) is 0 Å². The molecule has 0 unspecified atom stereocenters. The first-order chi connectivity index (χ1) is 17.3. The van der Waals surface area contributed by atoms with Gasteiger partial charge in [-0.05, 0) is 12.1 Å². The molecule has 2 aromatic carbocycles. The molecule has 0 aliphatic carbocycles. The highest BCUT2D eigenvalue weighted by Gasteiger charge is 2.25. The van der Waals surface area contributed by atoms with E-state index < -0.39 is 39.3 Å². The van der Waals surface area contributed by atoms with Gasteiger partial charge in [0.15, 0.2) is 40.3 Å². The number of hydrogen-bond donors (Lipinski definition) is 1. The van der Waals surface area contributed by atoms with Gasteiger partial charge < -0.3 is 14.8 Å². The molecular formula is C23H15F3N6O4. The topological polar surface area (TPSA) is 117 Å². The summed E-state index contributed by atoms with van der Waals surface area (Å²) in [5, 5.41) is 14.2. The number of anilines is 2. The molecule has 3 heterocycles. The fourth-order valence-corrected chi connectivity index (χ4v) is 3.84. The predicted molar refractivity (Wildman–Crippen MR) is 123 cm³/mol. The zero-order chi connectivity index (χ0) is 25.6. The largest absolute Gasteiger partial charge is 0.494 e. The number of rotatable bonds is 6. The van der Waals surface area contributed by atoms with Gasteiger partial charge in [0.05, 0.1) is 24.7 Å². The molecule has 0 saturated heterocycles. The molecule has 5 aromatic rings. The van der Waals surface area contributed by atoms with Crippen LogP contribution in [-0.4, -0.2) is 38.5 Å². The second-order valence-electron chi connectivity index (χ2n) is 7.45. The third-order valence-corrected chi connectivity index (χ3v) is 5.47. The zero-order valence-electron chi connectivity index (χ0n) is 18.6. The molecule has 36 heavy (non-hydrogen) atoms. The van der Waals surface area contributed by atoms with Crippen LogP contribution in [-0.2, 0) is 0 Å². The second-order valence-corrected chi connectivity index (χ2v) is 7.45. The molecule has 5 rings (SSSR count). The minimum Gasteiger partial charge on any atom is -0.494 e. The first-order valence-corrected chi connectivity index (χ1v) is 10.3. The summed E-state index contributed by atoms with van der Waals surface area (Å²) >= 11 is 0.